The molecule has 0 saturated carbocycles. The smallest absolute Gasteiger partial charge is 0.0701 e. The fourth-order valence-electron chi connectivity index (χ4n) is 1.61. The average Bonchev–Trinajstić information content (AvgIpc) is 2.91. The zero-order valence-electron chi connectivity index (χ0n) is 9.07. The molecule has 86 valence electrons. The van der Waals surface area contributed by atoms with Crippen molar-refractivity contribution in [1.29, 1.82) is 0 Å². The molecule has 1 N–H and O–H groups in total. The highest BCUT2D eigenvalue weighted by atomic mass is 79.9. The molecule has 4 heteroatoms. The molecule has 2 heterocycles. The fourth-order valence-corrected chi connectivity index (χ4v) is 3.93. The summed E-state index contributed by atoms with van der Waals surface area (Å²) in [6.07, 6.45) is 1.13. The zero-order valence-corrected chi connectivity index (χ0v) is 12.3. The minimum Gasteiger partial charge on any atom is -0.304 e. The number of rotatable bonds is 5. The van der Waals surface area contributed by atoms with Gasteiger partial charge in [-0.2, -0.15) is 0 Å². The molecule has 0 spiro atoms. The molecule has 0 aromatic carbocycles. The van der Waals surface area contributed by atoms with Crippen LogP contribution < -0.4 is 5.32 Å². The SMILES string of the molecule is CCC(NCc1ccc(Br)s1)c1cccs1. The van der Waals surface area contributed by atoms with Gasteiger partial charge in [-0.1, -0.05) is 13.0 Å². The predicted molar refractivity (Wildman–Crippen MR) is 76.2 cm³/mol. The second kappa shape index (κ2) is 5.96. The Morgan fingerprint density at radius 3 is 2.81 bits per heavy atom. The number of nitrogens with one attached hydrogen (secondary N) is 1. The van der Waals surface area contributed by atoms with Crippen molar-refractivity contribution in [3.05, 3.63) is 43.2 Å². The third kappa shape index (κ3) is 3.17. The predicted octanol–water partition coefficient (Wildman–Crippen LogP) is 4.81. The van der Waals surface area contributed by atoms with Crippen LogP contribution in [0.25, 0.3) is 0 Å². The second-order valence-corrected chi connectivity index (χ2v) is 7.09. The summed E-state index contributed by atoms with van der Waals surface area (Å²) >= 11 is 7.11. The Morgan fingerprint density at radius 2 is 2.25 bits per heavy atom. The van der Waals surface area contributed by atoms with Crippen LogP contribution >= 0.6 is 38.6 Å². The molecule has 0 bridgehead atoms. The molecule has 0 fully saturated rings. The highest BCUT2D eigenvalue weighted by molar-refractivity contribution is 9.11. The molecule has 1 atom stereocenters. The van der Waals surface area contributed by atoms with Crippen molar-refractivity contribution in [1.82, 2.24) is 5.32 Å². The van der Waals surface area contributed by atoms with Crippen LogP contribution in [0.2, 0.25) is 0 Å². The van der Waals surface area contributed by atoms with E-state index in [1.54, 1.807) is 11.3 Å². The van der Waals surface area contributed by atoms with E-state index in [4.69, 9.17) is 0 Å². The van der Waals surface area contributed by atoms with Crippen molar-refractivity contribution in [2.75, 3.05) is 0 Å². The lowest BCUT2D eigenvalue weighted by Gasteiger charge is -2.14. The second-order valence-electron chi connectivity index (χ2n) is 3.56. The molecule has 0 saturated heterocycles. The molecule has 0 radical (unpaired) electrons. The largest absolute Gasteiger partial charge is 0.304 e. The van der Waals surface area contributed by atoms with E-state index in [2.05, 4.69) is 57.8 Å². The molecule has 0 aliphatic rings. The third-order valence-electron chi connectivity index (χ3n) is 2.45. The summed E-state index contributed by atoms with van der Waals surface area (Å²) in [6, 6.07) is 9.08. The lowest BCUT2D eigenvalue weighted by molar-refractivity contribution is 0.529. The number of hydrogen-bond acceptors (Lipinski definition) is 3. The standard InChI is InChI=1S/C12H14BrNS2/c1-2-10(11-4-3-7-15-11)14-8-9-5-6-12(13)16-9/h3-7,10,14H,2,8H2,1H3. The number of thiophene rings is 2. The van der Waals surface area contributed by atoms with Gasteiger partial charge in [0.25, 0.3) is 0 Å². The van der Waals surface area contributed by atoms with Crippen molar-refractivity contribution in [2.45, 2.75) is 25.9 Å². The lowest BCUT2D eigenvalue weighted by Crippen LogP contribution is -2.18. The molecular weight excluding hydrogens is 302 g/mol. The molecule has 2 rings (SSSR count). The van der Waals surface area contributed by atoms with Gasteiger partial charge in [0.1, 0.15) is 0 Å². The minimum absolute atomic E-state index is 0.487. The van der Waals surface area contributed by atoms with Crippen molar-refractivity contribution in [3.63, 3.8) is 0 Å². The van der Waals surface area contributed by atoms with Crippen LogP contribution in [0.15, 0.2) is 33.4 Å². The van der Waals surface area contributed by atoms with Gasteiger partial charge in [-0.3, -0.25) is 0 Å². The number of halogens is 1. The molecule has 0 amide bonds. The van der Waals surface area contributed by atoms with E-state index in [9.17, 15) is 0 Å². The molecule has 0 aliphatic heterocycles. The Balaban J connectivity index is 1.93. The zero-order chi connectivity index (χ0) is 11.4. The van der Waals surface area contributed by atoms with E-state index >= 15 is 0 Å². The van der Waals surface area contributed by atoms with Gasteiger partial charge in [-0.05, 0) is 45.9 Å². The highest BCUT2D eigenvalue weighted by Crippen LogP contribution is 2.25. The van der Waals surface area contributed by atoms with Gasteiger partial charge in [0.05, 0.1) is 3.79 Å². The summed E-state index contributed by atoms with van der Waals surface area (Å²) < 4.78 is 1.20. The van der Waals surface area contributed by atoms with Crippen molar-refractivity contribution >= 4 is 38.6 Å². The first-order valence-electron chi connectivity index (χ1n) is 5.30. The fraction of sp³-hybridized carbons (Fsp3) is 0.333. The average molecular weight is 316 g/mol. The van der Waals surface area contributed by atoms with E-state index in [0.717, 1.165) is 13.0 Å². The van der Waals surface area contributed by atoms with Crippen LogP contribution in [0.3, 0.4) is 0 Å². The minimum atomic E-state index is 0.487. The Bertz CT molecular complexity index is 422. The van der Waals surface area contributed by atoms with Crippen LogP contribution in [-0.4, -0.2) is 0 Å². The van der Waals surface area contributed by atoms with Gasteiger partial charge in [0.15, 0.2) is 0 Å². The molecular formula is C12H14BrNS2. The van der Waals surface area contributed by atoms with E-state index in [1.165, 1.54) is 13.5 Å². The first-order chi connectivity index (χ1) is 7.79. The van der Waals surface area contributed by atoms with Crippen LogP contribution in [-0.2, 0) is 6.54 Å². The molecule has 0 aliphatic carbocycles. The molecule has 2 aromatic heterocycles. The summed E-state index contributed by atoms with van der Waals surface area (Å²) in [4.78, 5) is 2.81. The maximum absolute atomic E-state index is 3.60. The van der Waals surface area contributed by atoms with E-state index in [1.807, 2.05) is 11.3 Å². The van der Waals surface area contributed by atoms with Crippen LogP contribution in [0, 0.1) is 0 Å². The van der Waals surface area contributed by atoms with E-state index in [0.29, 0.717) is 6.04 Å². The normalized spacial score (nSPS) is 12.9. The van der Waals surface area contributed by atoms with Crippen LogP contribution in [0.4, 0.5) is 0 Å². The summed E-state index contributed by atoms with van der Waals surface area (Å²) in [7, 11) is 0. The lowest BCUT2D eigenvalue weighted by atomic mass is 10.2. The van der Waals surface area contributed by atoms with E-state index < -0.39 is 0 Å². The Labute approximate surface area is 113 Å². The van der Waals surface area contributed by atoms with Gasteiger partial charge in [0, 0.05) is 22.3 Å². The van der Waals surface area contributed by atoms with E-state index in [-0.39, 0.29) is 0 Å². The summed E-state index contributed by atoms with van der Waals surface area (Å²) in [5.74, 6) is 0. The van der Waals surface area contributed by atoms with Gasteiger partial charge < -0.3 is 5.32 Å². The summed E-state index contributed by atoms with van der Waals surface area (Å²) in [6.45, 7) is 3.17. The van der Waals surface area contributed by atoms with Crippen molar-refractivity contribution < 1.29 is 0 Å². The van der Waals surface area contributed by atoms with Crippen molar-refractivity contribution in [3.8, 4) is 0 Å². The maximum Gasteiger partial charge on any atom is 0.0701 e. The monoisotopic (exact) mass is 315 g/mol. The molecule has 1 nitrogen and oxygen atoms in total. The highest BCUT2D eigenvalue weighted by Gasteiger charge is 2.09. The van der Waals surface area contributed by atoms with Crippen LogP contribution in [0.1, 0.15) is 29.1 Å². The van der Waals surface area contributed by atoms with Gasteiger partial charge in [-0.15, -0.1) is 22.7 Å². The van der Waals surface area contributed by atoms with Crippen molar-refractivity contribution in [2.24, 2.45) is 0 Å². The van der Waals surface area contributed by atoms with Gasteiger partial charge in [0.2, 0.25) is 0 Å². The Kier molecular flexibility index (Phi) is 4.58. The number of hydrogen-bond donors (Lipinski definition) is 1. The molecule has 1 unspecified atom stereocenters. The molecule has 2 aromatic rings. The Morgan fingerprint density at radius 1 is 1.38 bits per heavy atom. The maximum atomic E-state index is 3.60. The van der Waals surface area contributed by atoms with Crippen LogP contribution in [0.5, 0.6) is 0 Å². The Hall–Kier alpha value is -0.160. The quantitative estimate of drug-likeness (QED) is 0.834. The first kappa shape index (κ1) is 12.3. The van der Waals surface area contributed by atoms with Gasteiger partial charge in [-0.25, -0.2) is 0 Å². The summed E-state index contributed by atoms with van der Waals surface area (Å²) in [5.41, 5.74) is 0. The molecule has 16 heavy (non-hydrogen) atoms. The van der Waals surface area contributed by atoms with Gasteiger partial charge >= 0.3 is 0 Å². The first-order valence-corrected chi connectivity index (χ1v) is 7.79. The third-order valence-corrected chi connectivity index (χ3v) is 5.06. The topological polar surface area (TPSA) is 12.0 Å². The summed E-state index contributed by atoms with van der Waals surface area (Å²) in [5, 5.41) is 5.74.